The molecular formula is C9H17ClF3N. The first-order valence-corrected chi connectivity index (χ1v) is 4.78. The summed E-state index contributed by atoms with van der Waals surface area (Å²) in [5, 5.41) is 0. The highest BCUT2D eigenvalue weighted by atomic mass is 35.5. The minimum Gasteiger partial charge on any atom is -0.330 e. The van der Waals surface area contributed by atoms with E-state index >= 15 is 0 Å². The zero-order valence-electron chi connectivity index (χ0n) is 8.02. The molecule has 2 unspecified atom stereocenters. The van der Waals surface area contributed by atoms with Crippen LogP contribution in [-0.4, -0.2) is 12.7 Å². The molecule has 0 aromatic rings. The molecule has 1 nitrogen and oxygen atoms in total. The van der Waals surface area contributed by atoms with Gasteiger partial charge < -0.3 is 5.73 Å². The SMILES string of the molecule is Cl.NCC1CCCC(CC(F)(F)F)C1. The van der Waals surface area contributed by atoms with Crippen LogP contribution in [0.4, 0.5) is 13.2 Å². The van der Waals surface area contributed by atoms with Crippen LogP contribution in [0, 0.1) is 11.8 Å². The number of rotatable bonds is 2. The van der Waals surface area contributed by atoms with Gasteiger partial charge in [-0.2, -0.15) is 13.2 Å². The molecular weight excluding hydrogens is 215 g/mol. The number of hydrogen-bond donors (Lipinski definition) is 1. The summed E-state index contributed by atoms with van der Waals surface area (Å²) >= 11 is 0. The number of nitrogens with two attached hydrogens (primary N) is 1. The maximum atomic E-state index is 12.0. The quantitative estimate of drug-likeness (QED) is 0.777. The fourth-order valence-electron chi connectivity index (χ4n) is 2.13. The Balaban J connectivity index is 0.00000169. The monoisotopic (exact) mass is 231 g/mol. The van der Waals surface area contributed by atoms with Gasteiger partial charge in [0, 0.05) is 6.42 Å². The summed E-state index contributed by atoms with van der Waals surface area (Å²) < 4.78 is 36.1. The Hall–Kier alpha value is 0.0400. The third kappa shape index (κ3) is 5.05. The van der Waals surface area contributed by atoms with Gasteiger partial charge in [-0.05, 0) is 31.2 Å². The molecule has 14 heavy (non-hydrogen) atoms. The van der Waals surface area contributed by atoms with Crippen LogP contribution >= 0.6 is 12.4 Å². The molecule has 0 aromatic carbocycles. The first kappa shape index (κ1) is 14.0. The summed E-state index contributed by atoms with van der Waals surface area (Å²) in [4.78, 5) is 0. The molecule has 0 saturated heterocycles. The summed E-state index contributed by atoms with van der Waals surface area (Å²) in [6.45, 7) is 0.536. The van der Waals surface area contributed by atoms with E-state index in [-0.39, 0.29) is 18.3 Å². The minimum absolute atomic E-state index is 0. The minimum atomic E-state index is -4.00. The topological polar surface area (TPSA) is 26.0 Å². The highest BCUT2D eigenvalue weighted by Gasteiger charge is 2.33. The third-order valence-corrected chi connectivity index (χ3v) is 2.74. The van der Waals surface area contributed by atoms with Crippen LogP contribution in [0.2, 0.25) is 0 Å². The molecule has 2 N–H and O–H groups in total. The molecule has 5 heteroatoms. The molecule has 1 fully saturated rings. The van der Waals surface area contributed by atoms with Crippen molar-refractivity contribution < 1.29 is 13.2 Å². The van der Waals surface area contributed by atoms with E-state index in [2.05, 4.69) is 0 Å². The van der Waals surface area contributed by atoms with E-state index in [1.165, 1.54) is 0 Å². The largest absolute Gasteiger partial charge is 0.389 e. The Labute approximate surface area is 88.6 Å². The van der Waals surface area contributed by atoms with Crippen molar-refractivity contribution in [3.63, 3.8) is 0 Å². The lowest BCUT2D eigenvalue weighted by Crippen LogP contribution is -2.25. The van der Waals surface area contributed by atoms with Gasteiger partial charge in [0.15, 0.2) is 0 Å². The second kappa shape index (κ2) is 5.81. The summed E-state index contributed by atoms with van der Waals surface area (Å²) in [6, 6.07) is 0. The molecule has 1 rings (SSSR count). The van der Waals surface area contributed by atoms with Crippen LogP contribution in [0.1, 0.15) is 32.1 Å². The zero-order chi connectivity index (χ0) is 9.90. The maximum Gasteiger partial charge on any atom is 0.389 e. The molecule has 86 valence electrons. The van der Waals surface area contributed by atoms with Gasteiger partial charge >= 0.3 is 6.18 Å². The lowest BCUT2D eigenvalue weighted by Gasteiger charge is -2.28. The van der Waals surface area contributed by atoms with Crippen LogP contribution in [0.5, 0.6) is 0 Å². The second-order valence-electron chi connectivity index (χ2n) is 3.95. The Morgan fingerprint density at radius 2 is 1.71 bits per heavy atom. The summed E-state index contributed by atoms with van der Waals surface area (Å²) in [7, 11) is 0. The average molecular weight is 232 g/mol. The molecule has 0 spiro atoms. The van der Waals surface area contributed by atoms with Crippen molar-refractivity contribution in [2.45, 2.75) is 38.3 Å². The molecule has 1 saturated carbocycles. The fourth-order valence-corrected chi connectivity index (χ4v) is 2.13. The Morgan fingerprint density at radius 3 is 2.21 bits per heavy atom. The van der Waals surface area contributed by atoms with E-state index in [1.54, 1.807) is 0 Å². The highest BCUT2D eigenvalue weighted by Crippen LogP contribution is 2.36. The zero-order valence-corrected chi connectivity index (χ0v) is 8.83. The number of halogens is 4. The molecule has 0 radical (unpaired) electrons. The van der Waals surface area contributed by atoms with Gasteiger partial charge in [-0.25, -0.2) is 0 Å². The third-order valence-electron chi connectivity index (χ3n) is 2.74. The predicted octanol–water partition coefficient (Wildman–Crippen LogP) is 3.13. The van der Waals surface area contributed by atoms with Crippen molar-refractivity contribution in [2.24, 2.45) is 17.6 Å². The van der Waals surface area contributed by atoms with Gasteiger partial charge in [-0.1, -0.05) is 12.8 Å². The molecule has 0 bridgehead atoms. The summed E-state index contributed by atoms with van der Waals surface area (Å²) in [6.07, 6.45) is -1.33. The van der Waals surface area contributed by atoms with E-state index in [0.29, 0.717) is 18.9 Å². The van der Waals surface area contributed by atoms with Gasteiger partial charge in [0.05, 0.1) is 0 Å². The molecule has 2 atom stereocenters. The Bertz CT molecular complexity index is 161. The van der Waals surface area contributed by atoms with Gasteiger partial charge in [-0.15, -0.1) is 12.4 Å². The highest BCUT2D eigenvalue weighted by molar-refractivity contribution is 5.85. The van der Waals surface area contributed by atoms with E-state index < -0.39 is 12.6 Å². The molecule has 0 aliphatic heterocycles. The van der Waals surface area contributed by atoms with E-state index in [1.807, 2.05) is 0 Å². The Morgan fingerprint density at radius 1 is 1.14 bits per heavy atom. The van der Waals surface area contributed by atoms with E-state index in [0.717, 1.165) is 19.3 Å². The van der Waals surface area contributed by atoms with Crippen molar-refractivity contribution in [1.82, 2.24) is 0 Å². The standard InChI is InChI=1S/C9H16F3N.ClH/c10-9(11,12)5-7-2-1-3-8(4-7)6-13;/h7-8H,1-6,13H2;1H. The van der Waals surface area contributed by atoms with Gasteiger partial charge in [0.1, 0.15) is 0 Å². The normalized spacial score (nSPS) is 28.3. The molecule has 0 aromatic heterocycles. The first-order chi connectivity index (χ1) is 6.01. The van der Waals surface area contributed by atoms with Gasteiger partial charge in [-0.3, -0.25) is 0 Å². The molecule has 1 aliphatic rings. The van der Waals surface area contributed by atoms with Crippen LogP contribution in [0.15, 0.2) is 0 Å². The first-order valence-electron chi connectivity index (χ1n) is 4.78. The van der Waals surface area contributed by atoms with Crippen LogP contribution < -0.4 is 5.73 Å². The number of hydrogen-bond acceptors (Lipinski definition) is 1. The molecule has 1 aliphatic carbocycles. The van der Waals surface area contributed by atoms with Crippen LogP contribution in [-0.2, 0) is 0 Å². The van der Waals surface area contributed by atoms with Crippen molar-refractivity contribution >= 4 is 12.4 Å². The van der Waals surface area contributed by atoms with E-state index in [9.17, 15) is 13.2 Å². The lowest BCUT2D eigenvalue weighted by molar-refractivity contribution is -0.147. The lowest BCUT2D eigenvalue weighted by atomic mass is 9.80. The van der Waals surface area contributed by atoms with Crippen molar-refractivity contribution in [2.75, 3.05) is 6.54 Å². The van der Waals surface area contributed by atoms with Crippen molar-refractivity contribution in [1.29, 1.82) is 0 Å². The van der Waals surface area contributed by atoms with Crippen molar-refractivity contribution in [3.05, 3.63) is 0 Å². The Kier molecular flexibility index (Phi) is 5.83. The predicted molar refractivity (Wildman–Crippen MR) is 52.4 cm³/mol. The second-order valence-corrected chi connectivity index (χ2v) is 3.95. The summed E-state index contributed by atoms with van der Waals surface area (Å²) in [5.74, 6) is 0.142. The van der Waals surface area contributed by atoms with E-state index in [4.69, 9.17) is 5.73 Å². The maximum absolute atomic E-state index is 12.0. The average Bonchev–Trinajstić information content (AvgIpc) is 2.01. The smallest absolute Gasteiger partial charge is 0.330 e. The molecule has 0 heterocycles. The summed E-state index contributed by atoms with van der Waals surface area (Å²) in [5.41, 5.74) is 5.45. The van der Waals surface area contributed by atoms with Crippen molar-refractivity contribution in [3.8, 4) is 0 Å². The number of alkyl halides is 3. The van der Waals surface area contributed by atoms with Crippen LogP contribution in [0.25, 0.3) is 0 Å². The fraction of sp³-hybridized carbons (Fsp3) is 1.00. The molecule has 0 amide bonds. The van der Waals surface area contributed by atoms with Gasteiger partial charge in [0.25, 0.3) is 0 Å². The van der Waals surface area contributed by atoms with Gasteiger partial charge in [0.2, 0.25) is 0 Å². The van der Waals surface area contributed by atoms with Crippen LogP contribution in [0.3, 0.4) is 0 Å².